The number of alkyl halides is 2. The van der Waals surface area contributed by atoms with E-state index in [2.05, 4.69) is 4.74 Å². The van der Waals surface area contributed by atoms with Gasteiger partial charge in [0.2, 0.25) is 4.33 Å². The molecule has 0 aliphatic rings. The number of hydrogen-bond donors (Lipinski definition) is 1. The third kappa shape index (κ3) is 2.51. The first-order valence-corrected chi connectivity index (χ1v) is 4.24. The van der Waals surface area contributed by atoms with Crippen molar-refractivity contribution in [2.24, 2.45) is 5.92 Å². The minimum absolute atomic E-state index is 0.209. The third-order valence-corrected chi connectivity index (χ3v) is 2.22. The van der Waals surface area contributed by atoms with E-state index >= 15 is 0 Å². The average Bonchev–Trinajstić information content (AvgIpc) is 2.01. The molecule has 0 aliphatic carbocycles. The second-order valence-electron chi connectivity index (χ2n) is 2.80. The minimum Gasteiger partial charge on any atom is -0.467 e. The maximum atomic E-state index is 10.9. The Morgan fingerprint density at radius 1 is 1.50 bits per heavy atom. The molecule has 0 radical (unpaired) electrons. The zero-order valence-corrected chi connectivity index (χ0v) is 8.69. The number of esters is 1. The Bertz CT molecular complexity index is 168. The van der Waals surface area contributed by atoms with Crippen LogP contribution >= 0.6 is 23.2 Å². The molecular weight excluding hydrogens is 203 g/mol. The predicted molar refractivity (Wildman–Crippen MR) is 47.3 cm³/mol. The molecule has 0 bridgehead atoms. The highest BCUT2D eigenvalue weighted by Gasteiger charge is 2.44. The normalized spacial score (nSPS) is 14.6. The van der Waals surface area contributed by atoms with Gasteiger partial charge < -0.3 is 9.84 Å². The summed E-state index contributed by atoms with van der Waals surface area (Å²) >= 11 is 11.1. The average molecular weight is 215 g/mol. The van der Waals surface area contributed by atoms with Gasteiger partial charge >= 0.3 is 5.97 Å². The van der Waals surface area contributed by atoms with Gasteiger partial charge in [0.1, 0.15) is 6.10 Å². The molecule has 1 atom stereocenters. The van der Waals surface area contributed by atoms with Crippen molar-refractivity contribution < 1.29 is 14.6 Å². The number of methoxy groups -OCH3 is 1. The van der Waals surface area contributed by atoms with E-state index in [9.17, 15) is 9.90 Å². The van der Waals surface area contributed by atoms with E-state index in [-0.39, 0.29) is 5.92 Å². The van der Waals surface area contributed by atoms with Crippen LogP contribution in [0, 0.1) is 5.92 Å². The standard InChI is InChI=1S/C7H12Cl2O3/c1-4(2)5(10)7(8,9)6(11)12-3/h4-5,10H,1-3H3. The van der Waals surface area contributed by atoms with E-state index in [1.807, 2.05) is 0 Å². The van der Waals surface area contributed by atoms with E-state index in [0.717, 1.165) is 7.11 Å². The van der Waals surface area contributed by atoms with Crippen LogP contribution in [0.5, 0.6) is 0 Å². The van der Waals surface area contributed by atoms with Crippen LogP contribution in [-0.2, 0) is 9.53 Å². The molecule has 12 heavy (non-hydrogen) atoms. The highest BCUT2D eigenvalue weighted by molar-refractivity contribution is 6.58. The van der Waals surface area contributed by atoms with Gasteiger partial charge in [-0.05, 0) is 5.92 Å². The van der Waals surface area contributed by atoms with Gasteiger partial charge in [0.15, 0.2) is 0 Å². The molecule has 0 amide bonds. The lowest BCUT2D eigenvalue weighted by Crippen LogP contribution is -2.43. The van der Waals surface area contributed by atoms with Crippen molar-refractivity contribution in [1.82, 2.24) is 0 Å². The van der Waals surface area contributed by atoms with Crippen molar-refractivity contribution in [3.8, 4) is 0 Å². The van der Waals surface area contributed by atoms with Gasteiger partial charge in [-0.1, -0.05) is 37.0 Å². The first-order valence-electron chi connectivity index (χ1n) is 3.48. The molecule has 0 saturated heterocycles. The van der Waals surface area contributed by atoms with Crippen molar-refractivity contribution in [3.05, 3.63) is 0 Å². The summed E-state index contributed by atoms with van der Waals surface area (Å²) in [7, 11) is 1.16. The second kappa shape index (κ2) is 4.30. The van der Waals surface area contributed by atoms with Crippen molar-refractivity contribution in [2.75, 3.05) is 7.11 Å². The van der Waals surface area contributed by atoms with Gasteiger partial charge in [0.25, 0.3) is 0 Å². The lowest BCUT2D eigenvalue weighted by Gasteiger charge is -2.25. The Labute approximate surface area is 81.6 Å². The van der Waals surface area contributed by atoms with Crippen LogP contribution in [-0.4, -0.2) is 28.6 Å². The van der Waals surface area contributed by atoms with Crippen LogP contribution in [0.1, 0.15) is 13.8 Å². The predicted octanol–water partition coefficient (Wildman–Crippen LogP) is 1.35. The Kier molecular flexibility index (Phi) is 4.31. The number of aliphatic hydroxyl groups is 1. The van der Waals surface area contributed by atoms with E-state index in [1.165, 1.54) is 0 Å². The second-order valence-corrected chi connectivity index (χ2v) is 4.19. The molecule has 0 aromatic rings. The summed E-state index contributed by atoms with van der Waals surface area (Å²) in [6.45, 7) is 3.40. The lowest BCUT2D eigenvalue weighted by molar-refractivity contribution is -0.144. The first kappa shape index (κ1) is 12.0. The van der Waals surface area contributed by atoms with Crippen LogP contribution in [0.3, 0.4) is 0 Å². The highest BCUT2D eigenvalue weighted by Crippen LogP contribution is 2.30. The molecule has 1 N–H and O–H groups in total. The highest BCUT2D eigenvalue weighted by atomic mass is 35.5. The van der Waals surface area contributed by atoms with Gasteiger partial charge in [-0.3, -0.25) is 0 Å². The number of halogens is 2. The number of hydrogen-bond acceptors (Lipinski definition) is 3. The minimum atomic E-state index is -1.87. The Morgan fingerprint density at radius 2 is 1.92 bits per heavy atom. The maximum absolute atomic E-state index is 10.9. The summed E-state index contributed by atoms with van der Waals surface area (Å²) in [4.78, 5) is 10.9. The molecule has 0 saturated carbocycles. The molecule has 0 aliphatic heterocycles. The molecule has 0 fully saturated rings. The molecule has 5 heteroatoms. The van der Waals surface area contributed by atoms with E-state index in [1.54, 1.807) is 13.8 Å². The summed E-state index contributed by atoms with van der Waals surface area (Å²) < 4.78 is 2.45. The summed E-state index contributed by atoms with van der Waals surface area (Å²) in [5.74, 6) is -1.05. The molecule has 0 spiro atoms. The fourth-order valence-electron chi connectivity index (χ4n) is 0.675. The van der Waals surface area contributed by atoms with Gasteiger partial charge in [-0.25, -0.2) is 4.79 Å². The summed E-state index contributed by atoms with van der Waals surface area (Å²) in [6.07, 6.45) is -1.13. The first-order chi connectivity index (χ1) is 5.34. The summed E-state index contributed by atoms with van der Waals surface area (Å²) in [5.41, 5.74) is 0. The zero-order chi connectivity index (χ0) is 9.94. The largest absolute Gasteiger partial charge is 0.467 e. The fourth-order valence-corrected chi connectivity index (χ4v) is 1.33. The van der Waals surface area contributed by atoms with Crippen LogP contribution in [0.25, 0.3) is 0 Å². The molecule has 3 nitrogen and oxygen atoms in total. The van der Waals surface area contributed by atoms with Gasteiger partial charge in [-0.2, -0.15) is 0 Å². The van der Waals surface area contributed by atoms with Gasteiger partial charge in [-0.15, -0.1) is 0 Å². The van der Waals surface area contributed by atoms with Gasteiger partial charge in [0, 0.05) is 0 Å². The smallest absolute Gasteiger partial charge is 0.345 e. The molecule has 0 heterocycles. The van der Waals surface area contributed by atoms with Crippen LogP contribution < -0.4 is 0 Å². The number of ether oxygens (including phenoxy) is 1. The van der Waals surface area contributed by atoms with E-state index in [0.29, 0.717) is 0 Å². The van der Waals surface area contributed by atoms with Crippen LogP contribution in [0.4, 0.5) is 0 Å². The van der Waals surface area contributed by atoms with E-state index in [4.69, 9.17) is 23.2 Å². The Hall–Kier alpha value is 0.01000. The number of carbonyl (C=O) groups excluding carboxylic acids is 1. The number of carbonyl (C=O) groups is 1. The van der Waals surface area contributed by atoms with Crippen molar-refractivity contribution in [1.29, 1.82) is 0 Å². The van der Waals surface area contributed by atoms with Crippen molar-refractivity contribution in [3.63, 3.8) is 0 Å². The Morgan fingerprint density at radius 3 is 2.17 bits per heavy atom. The molecule has 0 aromatic heterocycles. The molecule has 72 valence electrons. The lowest BCUT2D eigenvalue weighted by atomic mass is 10.0. The molecule has 0 rings (SSSR count). The monoisotopic (exact) mass is 214 g/mol. The zero-order valence-electron chi connectivity index (χ0n) is 7.17. The SMILES string of the molecule is COC(=O)C(Cl)(Cl)C(O)C(C)C. The molecule has 1 unspecified atom stereocenters. The van der Waals surface area contributed by atoms with Crippen molar-refractivity contribution >= 4 is 29.2 Å². The molecular formula is C7H12Cl2O3. The van der Waals surface area contributed by atoms with Crippen LogP contribution in [0.2, 0.25) is 0 Å². The number of rotatable bonds is 3. The fraction of sp³-hybridized carbons (Fsp3) is 0.857. The Balaban J connectivity index is 4.48. The van der Waals surface area contributed by atoms with Crippen molar-refractivity contribution in [2.45, 2.75) is 24.3 Å². The molecule has 0 aromatic carbocycles. The quantitative estimate of drug-likeness (QED) is 0.571. The summed E-state index contributed by atoms with van der Waals surface area (Å²) in [6, 6.07) is 0. The van der Waals surface area contributed by atoms with Gasteiger partial charge in [0.05, 0.1) is 7.11 Å². The third-order valence-electron chi connectivity index (χ3n) is 1.46. The summed E-state index contributed by atoms with van der Waals surface area (Å²) in [5, 5.41) is 9.39. The topological polar surface area (TPSA) is 46.5 Å². The van der Waals surface area contributed by atoms with E-state index < -0.39 is 16.4 Å². The van der Waals surface area contributed by atoms with Crippen LogP contribution in [0.15, 0.2) is 0 Å². The maximum Gasteiger partial charge on any atom is 0.345 e. The number of aliphatic hydroxyl groups excluding tert-OH is 1.